The van der Waals surface area contributed by atoms with Gasteiger partial charge in [0, 0.05) is 12.5 Å². The van der Waals surface area contributed by atoms with Crippen LogP contribution in [0.2, 0.25) is 0 Å². The summed E-state index contributed by atoms with van der Waals surface area (Å²) in [7, 11) is 0. The van der Waals surface area contributed by atoms with E-state index in [-0.39, 0.29) is 46.1 Å². The van der Waals surface area contributed by atoms with Gasteiger partial charge in [0.25, 0.3) is 11.8 Å². The third kappa shape index (κ3) is 4.27. The van der Waals surface area contributed by atoms with Crippen LogP contribution in [-0.2, 0) is 14.3 Å². The molecule has 1 fully saturated rings. The van der Waals surface area contributed by atoms with Gasteiger partial charge in [-0.3, -0.25) is 19.3 Å². The van der Waals surface area contributed by atoms with Gasteiger partial charge in [-0.15, -0.1) is 0 Å². The van der Waals surface area contributed by atoms with Crippen LogP contribution in [-0.4, -0.2) is 46.7 Å². The average Bonchev–Trinajstić information content (AvgIpc) is 3.10. The molecule has 2 aliphatic heterocycles. The average molecular weight is 490 g/mol. The van der Waals surface area contributed by atoms with Crippen LogP contribution in [0.5, 0.6) is 5.75 Å². The van der Waals surface area contributed by atoms with Gasteiger partial charge in [0.2, 0.25) is 11.5 Å². The topological polar surface area (TPSA) is 99.2 Å². The molecule has 2 aromatic rings. The van der Waals surface area contributed by atoms with Gasteiger partial charge in [-0.25, -0.2) is 4.79 Å². The molecule has 0 N–H and O–H groups in total. The fraction of sp³-hybridized carbons (Fsp3) is 0.357. The highest BCUT2D eigenvalue weighted by molar-refractivity contribution is 6.22. The van der Waals surface area contributed by atoms with Crippen LogP contribution in [0.1, 0.15) is 69.7 Å². The Morgan fingerprint density at radius 1 is 1.03 bits per heavy atom. The highest BCUT2D eigenvalue weighted by atomic mass is 16.6. The summed E-state index contributed by atoms with van der Waals surface area (Å²) in [5, 5.41) is 0. The first-order valence-electron chi connectivity index (χ1n) is 12.1. The highest BCUT2D eigenvalue weighted by Gasteiger charge is 2.42. The first-order valence-corrected chi connectivity index (χ1v) is 12.1. The van der Waals surface area contributed by atoms with Crippen molar-refractivity contribution in [1.29, 1.82) is 0 Å². The number of aryl methyl sites for hydroxylation is 1. The highest BCUT2D eigenvalue weighted by Crippen LogP contribution is 2.35. The Balaban J connectivity index is 1.23. The Bertz CT molecular complexity index is 1290. The zero-order valence-electron chi connectivity index (χ0n) is 20.4. The molecule has 0 bridgehead atoms. The summed E-state index contributed by atoms with van der Waals surface area (Å²) in [5.74, 6) is -1.09. The van der Waals surface area contributed by atoms with Crippen LogP contribution in [0.25, 0.3) is 0 Å². The van der Waals surface area contributed by atoms with Gasteiger partial charge in [0.15, 0.2) is 0 Å². The normalized spacial score (nSPS) is 23.1. The summed E-state index contributed by atoms with van der Waals surface area (Å²) in [6, 6.07) is 11.6. The molecule has 8 heteroatoms. The zero-order chi connectivity index (χ0) is 25.6. The first-order chi connectivity index (χ1) is 17.2. The molecule has 5 rings (SSSR count). The molecule has 1 saturated carbocycles. The minimum absolute atomic E-state index is 0.117. The second kappa shape index (κ2) is 9.26. The van der Waals surface area contributed by atoms with Gasteiger partial charge < -0.3 is 14.2 Å². The van der Waals surface area contributed by atoms with E-state index in [1.165, 1.54) is 29.4 Å². The standard InChI is InChI=1S/C28H27NO7/c1-15(2)29-26(31)20-9-7-17(12-22(20)27(29)32)28(33)36-19-8-10-21-23(13-19)34-14-24(25(21)30)35-18-6-4-5-16(3)11-18/h4-7,9,11-12,14-15,19,21,23H,8,10,13H2,1-3H3. The Labute approximate surface area is 208 Å². The number of ether oxygens (including phenoxy) is 3. The number of fused-ring (bicyclic) bond motifs is 2. The molecule has 2 heterocycles. The Hall–Kier alpha value is -3.94. The third-order valence-electron chi connectivity index (χ3n) is 6.83. The maximum Gasteiger partial charge on any atom is 0.338 e. The molecule has 2 aromatic carbocycles. The molecular weight excluding hydrogens is 462 g/mol. The number of imide groups is 1. The van der Waals surface area contributed by atoms with Gasteiger partial charge >= 0.3 is 5.97 Å². The molecular formula is C28H27NO7. The largest absolute Gasteiger partial charge is 0.493 e. The predicted octanol–water partition coefficient (Wildman–Crippen LogP) is 4.21. The van der Waals surface area contributed by atoms with Gasteiger partial charge in [-0.2, -0.15) is 0 Å². The number of nitrogens with zero attached hydrogens (tertiary/aromatic N) is 1. The van der Waals surface area contributed by atoms with E-state index >= 15 is 0 Å². The maximum atomic E-state index is 13.0. The maximum absolute atomic E-state index is 13.0. The third-order valence-corrected chi connectivity index (χ3v) is 6.83. The van der Waals surface area contributed by atoms with Crippen molar-refractivity contribution in [3.63, 3.8) is 0 Å². The SMILES string of the molecule is Cc1cccc(OC2=COC3CC(OC(=O)c4ccc5c(c4)C(=O)N(C(C)C)C5=O)CCC3C2=O)c1. The van der Waals surface area contributed by atoms with Crippen molar-refractivity contribution in [2.45, 2.75) is 58.3 Å². The fourth-order valence-electron chi connectivity index (χ4n) is 4.99. The molecule has 3 unspecified atom stereocenters. The molecule has 36 heavy (non-hydrogen) atoms. The van der Waals surface area contributed by atoms with E-state index in [2.05, 4.69) is 0 Å². The molecule has 3 atom stereocenters. The Morgan fingerprint density at radius 3 is 2.56 bits per heavy atom. The summed E-state index contributed by atoms with van der Waals surface area (Å²) in [6.45, 7) is 5.47. The number of hydrogen-bond donors (Lipinski definition) is 0. The summed E-state index contributed by atoms with van der Waals surface area (Å²) in [6.07, 6.45) is 1.88. The summed E-state index contributed by atoms with van der Waals surface area (Å²) in [4.78, 5) is 52.2. The van der Waals surface area contributed by atoms with Crippen LogP contribution in [0.3, 0.4) is 0 Å². The van der Waals surface area contributed by atoms with Crippen LogP contribution in [0.15, 0.2) is 54.5 Å². The van der Waals surface area contributed by atoms with E-state index in [0.29, 0.717) is 25.0 Å². The Morgan fingerprint density at radius 2 is 1.81 bits per heavy atom. The monoisotopic (exact) mass is 489 g/mol. The van der Waals surface area contributed by atoms with E-state index in [1.807, 2.05) is 25.1 Å². The first kappa shape index (κ1) is 23.8. The molecule has 186 valence electrons. The van der Waals surface area contributed by atoms with Gasteiger partial charge in [-0.1, -0.05) is 12.1 Å². The molecule has 8 nitrogen and oxygen atoms in total. The summed E-state index contributed by atoms with van der Waals surface area (Å²) in [5.41, 5.74) is 1.72. The van der Waals surface area contributed by atoms with Gasteiger partial charge in [0.05, 0.1) is 22.6 Å². The molecule has 0 spiro atoms. The van der Waals surface area contributed by atoms with E-state index in [0.717, 1.165) is 5.56 Å². The Kier molecular flexibility index (Phi) is 6.12. The number of rotatable bonds is 5. The lowest BCUT2D eigenvalue weighted by atomic mass is 9.80. The van der Waals surface area contributed by atoms with Crippen molar-refractivity contribution >= 4 is 23.6 Å². The van der Waals surface area contributed by atoms with E-state index in [4.69, 9.17) is 14.2 Å². The molecule has 1 aliphatic carbocycles. The molecule has 0 saturated heterocycles. The van der Waals surface area contributed by atoms with Crippen molar-refractivity contribution in [3.05, 3.63) is 76.7 Å². The fourth-order valence-corrected chi connectivity index (χ4v) is 4.99. The van der Waals surface area contributed by atoms with Crippen LogP contribution in [0, 0.1) is 12.8 Å². The lowest BCUT2D eigenvalue weighted by Gasteiger charge is -2.36. The van der Waals surface area contributed by atoms with Crippen molar-refractivity contribution in [2.75, 3.05) is 0 Å². The van der Waals surface area contributed by atoms with Crippen LogP contribution >= 0.6 is 0 Å². The summed E-state index contributed by atoms with van der Waals surface area (Å²) >= 11 is 0. The molecule has 2 amide bonds. The van der Waals surface area contributed by atoms with Crippen LogP contribution < -0.4 is 4.74 Å². The zero-order valence-corrected chi connectivity index (χ0v) is 20.4. The molecule has 0 radical (unpaired) electrons. The van der Waals surface area contributed by atoms with E-state index in [1.54, 1.807) is 19.9 Å². The molecule has 3 aliphatic rings. The number of carbonyl (C=O) groups excluding carboxylic acids is 4. The van der Waals surface area contributed by atoms with Crippen LogP contribution in [0.4, 0.5) is 0 Å². The van der Waals surface area contributed by atoms with Gasteiger partial charge in [-0.05, 0) is 69.5 Å². The number of esters is 1. The van der Waals surface area contributed by atoms with Gasteiger partial charge in [0.1, 0.15) is 24.2 Å². The quantitative estimate of drug-likeness (QED) is 0.458. The number of ketones is 1. The second-order valence-corrected chi connectivity index (χ2v) is 9.72. The smallest absolute Gasteiger partial charge is 0.338 e. The number of allylic oxidation sites excluding steroid dienone is 1. The number of amides is 2. The lowest BCUT2D eigenvalue weighted by Crippen LogP contribution is -2.43. The summed E-state index contributed by atoms with van der Waals surface area (Å²) < 4.78 is 17.3. The lowest BCUT2D eigenvalue weighted by molar-refractivity contribution is -0.132. The number of Topliss-reactive ketones (excluding diaryl/α,β-unsaturated/α-hetero) is 1. The number of hydrogen-bond acceptors (Lipinski definition) is 7. The minimum atomic E-state index is -0.578. The van der Waals surface area contributed by atoms with Crippen molar-refractivity contribution in [3.8, 4) is 5.75 Å². The molecule has 0 aromatic heterocycles. The van der Waals surface area contributed by atoms with Crippen molar-refractivity contribution in [2.24, 2.45) is 5.92 Å². The van der Waals surface area contributed by atoms with E-state index in [9.17, 15) is 19.2 Å². The second-order valence-electron chi connectivity index (χ2n) is 9.72. The number of carbonyl (C=O) groups is 4. The minimum Gasteiger partial charge on any atom is -0.493 e. The van der Waals surface area contributed by atoms with Crippen molar-refractivity contribution in [1.82, 2.24) is 4.90 Å². The van der Waals surface area contributed by atoms with E-state index < -0.39 is 24.1 Å². The number of benzene rings is 2. The van der Waals surface area contributed by atoms with Crippen molar-refractivity contribution < 1.29 is 33.4 Å². The predicted molar refractivity (Wildman–Crippen MR) is 128 cm³/mol.